The van der Waals surface area contributed by atoms with Gasteiger partial charge in [-0.05, 0) is 12.8 Å². The minimum absolute atomic E-state index is 0.252. The number of sulfonamides is 1. The molecule has 1 rings (SSSR count). The third kappa shape index (κ3) is 2.75. The zero-order chi connectivity index (χ0) is 8.54. The van der Waals surface area contributed by atoms with E-state index in [0.29, 0.717) is 0 Å². The quantitative estimate of drug-likeness (QED) is 0.677. The topological polar surface area (TPSA) is 46.2 Å². The number of halogens is 1. The molecule has 0 amide bonds. The monoisotopic (exact) mass is 181 g/mol. The van der Waals surface area contributed by atoms with Gasteiger partial charge >= 0.3 is 0 Å². The molecule has 0 saturated heterocycles. The normalized spacial score (nSPS) is 21.6. The first-order chi connectivity index (χ1) is 4.97. The van der Waals surface area contributed by atoms with E-state index < -0.39 is 16.7 Å². The molecule has 0 aromatic carbocycles. The van der Waals surface area contributed by atoms with Gasteiger partial charge in [0.25, 0.3) is 0 Å². The van der Waals surface area contributed by atoms with Crippen molar-refractivity contribution in [1.29, 1.82) is 0 Å². The van der Waals surface area contributed by atoms with Crippen molar-refractivity contribution < 1.29 is 12.8 Å². The second kappa shape index (κ2) is 2.71. The molecule has 0 unspecified atom stereocenters. The summed E-state index contributed by atoms with van der Waals surface area (Å²) in [5.41, 5.74) is -0.358. The molecule has 1 fully saturated rings. The first kappa shape index (κ1) is 8.93. The minimum atomic E-state index is -3.14. The lowest BCUT2D eigenvalue weighted by Gasteiger charge is -2.09. The van der Waals surface area contributed by atoms with Crippen LogP contribution in [0.15, 0.2) is 0 Å². The molecular weight excluding hydrogens is 169 g/mol. The van der Waals surface area contributed by atoms with Crippen LogP contribution in [0.2, 0.25) is 0 Å². The van der Waals surface area contributed by atoms with Crippen molar-refractivity contribution in [3.8, 4) is 0 Å². The zero-order valence-corrected chi connectivity index (χ0v) is 7.25. The molecule has 0 aliphatic heterocycles. The fourth-order valence-electron chi connectivity index (χ4n) is 0.819. The Morgan fingerprint density at radius 3 is 2.36 bits per heavy atom. The van der Waals surface area contributed by atoms with Crippen LogP contribution in [0, 0.1) is 5.41 Å². The summed E-state index contributed by atoms with van der Waals surface area (Å²) in [6.07, 6.45) is 2.68. The van der Waals surface area contributed by atoms with Crippen molar-refractivity contribution in [3.63, 3.8) is 0 Å². The molecule has 0 spiro atoms. The highest BCUT2D eigenvalue weighted by Crippen LogP contribution is 2.45. The van der Waals surface area contributed by atoms with Crippen molar-refractivity contribution >= 4 is 10.0 Å². The molecule has 0 aromatic rings. The lowest BCUT2D eigenvalue weighted by atomic mass is 10.1. The predicted octanol–water partition coefficient (Wildman–Crippen LogP) is 0.285. The molecule has 1 N–H and O–H groups in total. The van der Waals surface area contributed by atoms with E-state index in [0.717, 1.165) is 19.1 Å². The summed E-state index contributed by atoms with van der Waals surface area (Å²) < 4.78 is 35.7. The highest BCUT2D eigenvalue weighted by molar-refractivity contribution is 7.88. The Morgan fingerprint density at radius 1 is 1.55 bits per heavy atom. The third-order valence-corrected chi connectivity index (χ3v) is 2.62. The van der Waals surface area contributed by atoms with E-state index in [2.05, 4.69) is 4.72 Å². The predicted molar refractivity (Wildman–Crippen MR) is 40.5 cm³/mol. The van der Waals surface area contributed by atoms with Gasteiger partial charge in [-0.3, -0.25) is 4.39 Å². The molecule has 0 aromatic heterocycles. The Balaban J connectivity index is 2.33. The largest absolute Gasteiger partial charge is 0.250 e. The van der Waals surface area contributed by atoms with Gasteiger partial charge in [0.2, 0.25) is 10.0 Å². The Bertz CT molecular complexity index is 233. The fraction of sp³-hybridized carbons (Fsp3) is 1.00. The van der Waals surface area contributed by atoms with E-state index >= 15 is 0 Å². The summed E-state index contributed by atoms with van der Waals surface area (Å²) >= 11 is 0. The van der Waals surface area contributed by atoms with E-state index in [9.17, 15) is 12.8 Å². The van der Waals surface area contributed by atoms with Gasteiger partial charge < -0.3 is 0 Å². The summed E-state index contributed by atoms with van der Waals surface area (Å²) in [5.74, 6) is 0. The Morgan fingerprint density at radius 2 is 2.09 bits per heavy atom. The van der Waals surface area contributed by atoms with E-state index in [1.807, 2.05) is 0 Å². The minimum Gasteiger partial charge on any atom is -0.250 e. The smallest absolute Gasteiger partial charge is 0.208 e. The second-order valence-electron chi connectivity index (χ2n) is 3.23. The SMILES string of the molecule is CS(=O)(=O)NCC1(CF)CC1. The number of hydrogen-bond acceptors (Lipinski definition) is 2. The van der Waals surface area contributed by atoms with Gasteiger partial charge in [0.15, 0.2) is 0 Å². The lowest BCUT2D eigenvalue weighted by molar-refractivity contribution is 0.341. The molecule has 0 bridgehead atoms. The van der Waals surface area contributed by atoms with Crippen LogP contribution in [0.25, 0.3) is 0 Å². The number of rotatable bonds is 4. The summed E-state index contributed by atoms with van der Waals surface area (Å²) in [6, 6.07) is 0. The first-order valence-electron chi connectivity index (χ1n) is 3.48. The van der Waals surface area contributed by atoms with Crippen LogP contribution >= 0.6 is 0 Å². The average Bonchev–Trinajstić information content (AvgIpc) is 2.63. The summed E-state index contributed by atoms with van der Waals surface area (Å²) in [7, 11) is -3.14. The van der Waals surface area contributed by atoms with Crippen LogP contribution in [-0.2, 0) is 10.0 Å². The first-order valence-corrected chi connectivity index (χ1v) is 5.37. The second-order valence-corrected chi connectivity index (χ2v) is 5.06. The Hall–Kier alpha value is -0.160. The van der Waals surface area contributed by atoms with Crippen LogP contribution in [0.1, 0.15) is 12.8 Å². The number of hydrogen-bond donors (Lipinski definition) is 1. The molecule has 5 heteroatoms. The Labute approximate surface area is 66.0 Å². The van der Waals surface area contributed by atoms with E-state index in [4.69, 9.17) is 0 Å². The summed E-state index contributed by atoms with van der Waals surface area (Å²) in [4.78, 5) is 0. The molecule has 1 saturated carbocycles. The molecule has 3 nitrogen and oxygen atoms in total. The fourth-order valence-corrected chi connectivity index (χ4v) is 1.39. The molecule has 0 radical (unpaired) electrons. The highest BCUT2D eigenvalue weighted by Gasteiger charge is 2.42. The maximum Gasteiger partial charge on any atom is 0.208 e. The van der Waals surface area contributed by atoms with E-state index in [-0.39, 0.29) is 12.0 Å². The van der Waals surface area contributed by atoms with Gasteiger partial charge in [-0.15, -0.1) is 0 Å². The van der Waals surface area contributed by atoms with Gasteiger partial charge in [0, 0.05) is 12.0 Å². The summed E-state index contributed by atoms with van der Waals surface area (Å²) in [6.45, 7) is -0.169. The van der Waals surface area contributed by atoms with E-state index in [1.165, 1.54) is 0 Å². The van der Waals surface area contributed by atoms with E-state index in [1.54, 1.807) is 0 Å². The number of nitrogens with one attached hydrogen (secondary N) is 1. The van der Waals surface area contributed by atoms with Gasteiger partial charge in [0.05, 0.1) is 12.9 Å². The molecular formula is C6H12FNO2S. The zero-order valence-electron chi connectivity index (χ0n) is 6.43. The van der Waals surface area contributed by atoms with Crippen LogP contribution in [0.4, 0.5) is 4.39 Å². The summed E-state index contributed by atoms with van der Waals surface area (Å²) in [5, 5.41) is 0. The van der Waals surface area contributed by atoms with Gasteiger partial charge in [-0.1, -0.05) is 0 Å². The molecule has 0 heterocycles. The van der Waals surface area contributed by atoms with Crippen molar-refractivity contribution in [1.82, 2.24) is 4.72 Å². The third-order valence-electron chi connectivity index (χ3n) is 1.95. The molecule has 11 heavy (non-hydrogen) atoms. The van der Waals surface area contributed by atoms with Crippen molar-refractivity contribution in [2.45, 2.75) is 12.8 Å². The van der Waals surface area contributed by atoms with Crippen LogP contribution in [0.5, 0.6) is 0 Å². The number of alkyl halides is 1. The standard InChI is InChI=1S/C6H12FNO2S/c1-11(9,10)8-5-6(4-7)2-3-6/h8H,2-5H2,1H3. The van der Waals surface area contributed by atoms with Gasteiger partial charge in [-0.2, -0.15) is 0 Å². The Kier molecular flexibility index (Phi) is 2.20. The molecule has 1 aliphatic carbocycles. The van der Waals surface area contributed by atoms with Crippen molar-refractivity contribution in [2.75, 3.05) is 19.5 Å². The van der Waals surface area contributed by atoms with Gasteiger partial charge in [0.1, 0.15) is 0 Å². The molecule has 0 atom stereocenters. The molecule has 1 aliphatic rings. The van der Waals surface area contributed by atoms with Crippen LogP contribution in [-0.4, -0.2) is 27.9 Å². The van der Waals surface area contributed by atoms with Crippen molar-refractivity contribution in [2.24, 2.45) is 5.41 Å². The van der Waals surface area contributed by atoms with Gasteiger partial charge in [-0.25, -0.2) is 13.1 Å². The average molecular weight is 181 g/mol. The maximum absolute atomic E-state index is 12.2. The van der Waals surface area contributed by atoms with Crippen LogP contribution in [0.3, 0.4) is 0 Å². The maximum atomic E-state index is 12.2. The highest BCUT2D eigenvalue weighted by atomic mass is 32.2. The van der Waals surface area contributed by atoms with Crippen molar-refractivity contribution in [3.05, 3.63) is 0 Å². The molecule has 66 valence electrons. The lowest BCUT2D eigenvalue weighted by Crippen LogP contribution is -2.30. The van der Waals surface area contributed by atoms with Crippen LogP contribution < -0.4 is 4.72 Å².